The molecule has 116 valence electrons. The first kappa shape index (κ1) is 17.2. The van der Waals surface area contributed by atoms with Gasteiger partial charge in [0.25, 0.3) is 0 Å². The normalized spacial score (nSPS) is 24.1. The van der Waals surface area contributed by atoms with E-state index in [0.717, 1.165) is 44.9 Å². The second kappa shape index (κ2) is 9.11. The van der Waals surface area contributed by atoms with Gasteiger partial charge < -0.3 is 10.4 Å². The molecule has 0 bridgehead atoms. The first-order valence-corrected chi connectivity index (χ1v) is 7.95. The van der Waals surface area contributed by atoms with Crippen molar-refractivity contribution in [2.45, 2.75) is 71.3 Å². The van der Waals surface area contributed by atoms with E-state index < -0.39 is 0 Å². The number of rotatable bonds is 8. The molecule has 4 nitrogen and oxygen atoms in total. The van der Waals surface area contributed by atoms with Crippen LogP contribution in [0.4, 0.5) is 0 Å². The standard InChI is InChI=1S/C16H29NO3/c1-12(13(2)19)7-3-6-10-16(20)17-15-9-5-4-8-14(15)11-18/h12,14-15,18H,3-11H2,1-2H3,(H,17,20). The molecule has 0 aromatic heterocycles. The minimum absolute atomic E-state index is 0.0887. The van der Waals surface area contributed by atoms with Crippen LogP contribution in [0.25, 0.3) is 0 Å². The Morgan fingerprint density at radius 1 is 1.25 bits per heavy atom. The molecule has 0 heterocycles. The van der Waals surface area contributed by atoms with E-state index in [1.54, 1.807) is 6.92 Å². The van der Waals surface area contributed by atoms with Crippen molar-refractivity contribution in [1.29, 1.82) is 0 Å². The minimum Gasteiger partial charge on any atom is -0.396 e. The molecule has 0 aliphatic heterocycles. The number of unbranched alkanes of at least 4 members (excludes halogenated alkanes) is 1. The van der Waals surface area contributed by atoms with Gasteiger partial charge in [-0.25, -0.2) is 0 Å². The zero-order valence-electron chi connectivity index (χ0n) is 12.9. The minimum atomic E-state index is 0.0887. The largest absolute Gasteiger partial charge is 0.396 e. The van der Waals surface area contributed by atoms with E-state index in [9.17, 15) is 14.7 Å². The first-order chi connectivity index (χ1) is 9.54. The van der Waals surface area contributed by atoms with E-state index in [0.29, 0.717) is 6.42 Å². The molecule has 3 atom stereocenters. The van der Waals surface area contributed by atoms with Gasteiger partial charge >= 0.3 is 0 Å². The fourth-order valence-electron chi connectivity index (χ4n) is 2.83. The highest BCUT2D eigenvalue weighted by Crippen LogP contribution is 2.24. The summed E-state index contributed by atoms with van der Waals surface area (Å²) in [5.41, 5.74) is 0. The zero-order valence-corrected chi connectivity index (χ0v) is 12.9. The maximum atomic E-state index is 11.9. The summed E-state index contributed by atoms with van der Waals surface area (Å²) in [6.07, 6.45) is 7.43. The Kier molecular flexibility index (Phi) is 7.82. The lowest BCUT2D eigenvalue weighted by molar-refractivity contribution is -0.122. The lowest BCUT2D eigenvalue weighted by Gasteiger charge is -2.30. The average Bonchev–Trinajstić information content (AvgIpc) is 2.43. The van der Waals surface area contributed by atoms with Crippen molar-refractivity contribution >= 4 is 11.7 Å². The highest BCUT2D eigenvalue weighted by molar-refractivity contribution is 5.78. The van der Waals surface area contributed by atoms with Gasteiger partial charge in [-0.15, -0.1) is 0 Å². The average molecular weight is 283 g/mol. The highest BCUT2D eigenvalue weighted by Gasteiger charge is 2.25. The molecule has 20 heavy (non-hydrogen) atoms. The Morgan fingerprint density at radius 3 is 2.60 bits per heavy atom. The van der Waals surface area contributed by atoms with Crippen molar-refractivity contribution in [1.82, 2.24) is 5.32 Å². The van der Waals surface area contributed by atoms with Gasteiger partial charge in [0.2, 0.25) is 5.91 Å². The topological polar surface area (TPSA) is 66.4 Å². The van der Waals surface area contributed by atoms with Crippen molar-refractivity contribution in [3.05, 3.63) is 0 Å². The fourth-order valence-corrected chi connectivity index (χ4v) is 2.83. The lowest BCUT2D eigenvalue weighted by atomic mass is 9.85. The molecule has 1 rings (SSSR count). The maximum absolute atomic E-state index is 11.9. The van der Waals surface area contributed by atoms with Crippen LogP contribution in [0.15, 0.2) is 0 Å². The van der Waals surface area contributed by atoms with Gasteiger partial charge in [0, 0.05) is 30.9 Å². The zero-order chi connectivity index (χ0) is 15.0. The molecule has 2 N–H and O–H groups in total. The van der Waals surface area contributed by atoms with E-state index in [-0.39, 0.29) is 36.2 Å². The van der Waals surface area contributed by atoms with Crippen LogP contribution in [0.3, 0.4) is 0 Å². The maximum Gasteiger partial charge on any atom is 0.220 e. The number of carbonyl (C=O) groups excluding carboxylic acids is 2. The monoisotopic (exact) mass is 283 g/mol. The van der Waals surface area contributed by atoms with Crippen LogP contribution in [-0.4, -0.2) is 29.4 Å². The van der Waals surface area contributed by atoms with Crippen molar-refractivity contribution in [2.24, 2.45) is 11.8 Å². The molecule has 0 aromatic carbocycles. The Bertz CT molecular complexity index is 317. The van der Waals surface area contributed by atoms with Crippen LogP contribution < -0.4 is 5.32 Å². The molecule has 4 heteroatoms. The fraction of sp³-hybridized carbons (Fsp3) is 0.875. The number of Topliss-reactive ketones (excluding diaryl/α,β-unsaturated/α-hetero) is 1. The van der Waals surface area contributed by atoms with Gasteiger partial charge in [-0.1, -0.05) is 26.2 Å². The number of ketones is 1. The van der Waals surface area contributed by atoms with Gasteiger partial charge in [-0.3, -0.25) is 9.59 Å². The number of hydrogen-bond donors (Lipinski definition) is 2. The van der Waals surface area contributed by atoms with Crippen LogP contribution in [0, 0.1) is 11.8 Å². The summed E-state index contributed by atoms with van der Waals surface area (Å²) in [4.78, 5) is 23.0. The third kappa shape index (κ3) is 6.04. The summed E-state index contributed by atoms with van der Waals surface area (Å²) in [6.45, 7) is 3.73. The first-order valence-electron chi connectivity index (χ1n) is 7.95. The van der Waals surface area contributed by atoms with Crippen LogP contribution in [0.2, 0.25) is 0 Å². The smallest absolute Gasteiger partial charge is 0.220 e. The molecule has 0 spiro atoms. The molecule has 3 unspecified atom stereocenters. The van der Waals surface area contributed by atoms with Crippen molar-refractivity contribution in [2.75, 3.05) is 6.61 Å². The number of hydrogen-bond acceptors (Lipinski definition) is 3. The highest BCUT2D eigenvalue weighted by atomic mass is 16.3. The van der Waals surface area contributed by atoms with Gasteiger partial charge in [-0.05, 0) is 32.6 Å². The van der Waals surface area contributed by atoms with Gasteiger partial charge in [0.15, 0.2) is 0 Å². The number of aliphatic hydroxyl groups excluding tert-OH is 1. The van der Waals surface area contributed by atoms with E-state index in [4.69, 9.17) is 0 Å². The Morgan fingerprint density at radius 2 is 1.95 bits per heavy atom. The molecule has 1 fully saturated rings. The molecule has 1 aliphatic rings. The summed E-state index contributed by atoms with van der Waals surface area (Å²) < 4.78 is 0. The summed E-state index contributed by atoms with van der Waals surface area (Å²) in [5.74, 6) is 0.647. The SMILES string of the molecule is CC(=O)C(C)CCCCC(=O)NC1CCCCC1CO. The van der Waals surface area contributed by atoms with E-state index >= 15 is 0 Å². The second-order valence-corrected chi connectivity index (χ2v) is 6.16. The van der Waals surface area contributed by atoms with E-state index in [1.165, 1.54) is 0 Å². The summed E-state index contributed by atoms with van der Waals surface area (Å²) in [7, 11) is 0. The quantitative estimate of drug-likeness (QED) is 0.672. The molecule has 0 aromatic rings. The molecule has 0 saturated heterocycles. The van der Waals surface area contributed by atoms with Crippen molar-refractivity contribution in [3.8, 4) is 0 Å². The number of carbonyl (C=O) groups is 2. The number of nitrogens with one attached hydrogen (secondary N) is 1. The van der Waals surface area contributed by atoms with E-state index in [1.807, 2.05) is 6.92 Å². The Hall–Kier alpha value is -0.900. The molecular weight excluding hydrogens is 254 g/mol. The summed E-state index contributed by atoms with van der Waals surface area (Å²) in [5, 5.41) is 12.4. The van der Waals surface area contributed by atoms with Crippen LogP contribution in [0.5, 0.6) is 0 Å². The van der Waals surface area contributed by atoms with Gasteiger partial charge in [0.05, 0.1) is 0 Å². The van der Waals surface area contributed by atoms with Crippen LogP contribution >= 0.6 is 0 Å². The van der Waals surface area contributed by atoms with Crippen LogP contribution in [-0.2, 0) is 9.59 Å². The predicted octanol–water partition coefficient (Wildman–Crippen LogP) is 2.44. The van der Waals surface area contributed by atoms with Gasteiger partial charge in [0.1, 0.15) is 5.78 Å². The number of aliphatic hydroxyl groups is 1. The molecular formula is C16H29NO3. The van der Waals surface area contributed by atoms with Gasteiger partial charge in [-0.2, -0.15) is 0 Å². The molecule has 0 radical (unpaired) electrons. The summed E-state index contributed by atoms with van der Waals surface area (Å²) in [6, 6.07) is 0.150. The predicted molar refractivity (Wildman–Crippen MR) is 79.3 cm³/mol. The number of amides is 1. The molecule has 1 saturated carbocycles. The van der Waals surface area contributed by atoms with Crippen molar-refractivity contribution in [3.63, 3.8) is 0 Å². The second-order valence-electron chi connectivity index (χ2n) is 6.16. The molecule has 1 aliphatic carbocycles. The third-order valence-corrected chi connectivity index (χ3v) is 4.47. The molecule has 1 amide bonds. The lowest BCUT2D eigenvalue weighted by Crippen LogP contribution is -2.43. The Balaban J connectivity index is 2.18. The van der Waals surface area contributed by atoms with Crippen LogP contribution in [0.1, 0.15) is 65.2 Å². The van der Waals surface area contributed by atoms with E-state index in [2.05, 4.69) is 5.32 Å². The Labute approximate surface area is 122 Å². The van der Waals surface area contributed by atoms with Crippen molar-refractivity contribution < 1.29 is 14.7 Å². The third-order valence-electron chi connectivity index (χ3n) is 4.47. The summed E-state index contributed by atoms with van der Waals surface area (Å²) >= 11 is 0.